The first-order valence-corrected chi connectivity index (χ1v) is 11.3. The van der Waals surface area contributed by atoms with Crippen LogP contribution in [0.3, 0.4) is 0 Å². The fourth-order valence-corrected chi connectivity index (χ4v) is 3.97. The predicted octanol–water partition coefficient (Wildman–Crippen LogP) is 3.44. The molecule has 0 spiro atoms. The van der Waals surface area contributed by atoms with Gasteiger partial charge in [-0.1, -0.05) is 11.2 Å². The molecule has 1 aliphatic rings. The molecule has 1 fully saturated rings. The summed E-state index contributed by atoms with van der Waals surface area (Å²) in [5, 5.41) is 27.5. The Labute approximate surface area is 196 Å². The van der Waals surface area contributed by atoms with Crippen LogP contribution in [-0.2, 0) is 0 Å². The number of anilines is 4. The summed E-state index contributed by atoms with van der Waals surface area (Å²) in [6.45, 7) is 4.81. The lowest BCUT2D eigenvalue weighted by Gasteiger charge is -2.23. The minimum atomic E-state index is -0.512. The molecule has 0 unspecified atom stereocenters. The molecular weight excluding hydrogens is 434 g/mol. The highest BCUT2D eigenvalue weighted by molar-refractivity contribution is 5.60. The van der Waals surface area contributed by atoms with E-state index in [1.807, 2.05) is 37.3 Å². The third kappa shape index (κ3) is 4.84. The van der Waals surface area contributed by atoms with E-state index < -0.39 is 6.10 Å². The van der Waals surface area contributed by atoms with E-state index in [2.05, 4.69) is 35.9 Å². The second-order valence-electron chi connectivity index (χ2n) is 8.41. The number of rotatable bonds is 8. The van der Waals surface area contributed by atoms with Crippen LogP contribution in [0.2, 0.25) is 0 Å². The van der Waals surface area contributed by atoms with Gasteiger partial charge >= 0.3 is 0 Å². The molecule has 4 N–H and O–H groups in total. The average Bonchev–Trinajstić information content (AvgIpc) is 3.59. The van der Waals surface area contributed by atoms with Crippen molar-refractivity contribution in [3.63, 3.8) is 0 Å². The normalized spacial score (nSPS) is 16.6. The number of hydrogen-bond acceptors (Lipinski definition) is 10. The third-order valence-corrected chi connectivity index (χ3v) is 5.55. The lowest BCUT2D eigenvalue weighted by Crippen LogP contribution is -2.25. The van der Waals surface area contributed by atoms with Crippen LogP contribution in [0.25, 0.3) is 11.4 Å². The molecule has 0 radical (unpaired) electrons. The first-order chi connectivity index (χ1) is 16.5. The maximum Gasteiger partial charge on any atom is 0.229 e. The van der Waals surface area contributed by atoms with E-state index in [1.54, 1.807) is 19.2 Å². The van der Waals surface area contributed by atoms with Crippen molar-refractivity contribution in [2.75, 3.05) is 28.6 Å². The van der Waals surface area contributed by atoms with Crippen LogP contribution in [0.5, 0.6) is 0 Å². The molecule has 4 aromatic heterocycles. The van der Waals surface area contributed by atoms with Crippen LogP contribution < -0.4 is 15.5 Å². The summed E-state index contributed by atoms with van der Waals surface area (Å²) in [4.78, 5) is 16.0. The number of aromatic amines is 1. The molecular formula is C23H27N9O2. The van der Waals surface area contributed by atoms with Gasteiger partial charge in [0.1, 0.15) is 17.3 Å². The summed E-state index contributed by atoms with van der Waals surface area (Å²) < 4.78 is 5.73. The van der Waals surface area contributed by atoms with E-state index in [9.17, 15) is 5.11 Å². The zero-order chi connectivity index (χ0) is 23.5. The van der Waals surface area contributed by atoms with Crippen molar-refractivity contribution < 1.29 is 9.63 Å². The van der Waals surface area contributed by atoms with Gasteiger partial charge < -0.3 is 25.2 Å². The molecule has 0 saturated carbocycles. The molecule has 1 saturated heterocycles. The van der Waals surface area contributed by atoms with Crippen molar-refractivity contribution >= 4 is 23.4 Å². The summed E-state index contributed by atoms with van der Waals surface area (Å²) in [7, 11) is 0. The molecule has 2 atom stereocenters. The Morgan fingerprint density at radius 3 is 2.82 bits per heavy atom. The number of nitrogens with one attached hydrogen (secondary N) is 3. The van der Waals surface area contributed by atoms with Crippen molar-refractivity contribution in [1.82, 2.24) is 30.3 Å². The number of aromatic nitrogens is 6. The van der Waals surface area contributed by atoms with E-state index in [0.29, 0.717) is 35.6 Å². The summed E-state index contributed by atoms with van der Waals surface area (Å²) in [5.41, 5.74) is 2.41. The Kier molecular flexibility index (Phi) is 6.09. The Bertz CT molecular complexity index is 1240. The fraction of sp³-hybridized carbons (Fsp3) is 0.348. The molecule has 0 aromatic carbocycles. The number of hydrogen-bond donors (Lipinski definition) is 4. The predicted molar refractivity (Wildman–Crippen MR) is 128 cm³/mol. The second-order valence-corrected chi connectivity index (χ2v) is 8.41. The van der Waals surface area contributed by atoms with Crippen LogP contribution in [0.4, 0.5) is 23.4 Å². The van der Waals surface area contributed by atoms with Gasteiger partial charge in [0.05, 0.1) is 17.8 Å². The van der Waals surface area contributed by atoms with Gasteiger partial charge in [0.2, 0.25) is 5.95 Å². The first-order valence-electron chi connectivity index (χ1n) is 11.3. The Morgan fingerprint density at radius 1 is 1.18 bits per heavy atom. The highest BCUT2D eigenvalue weighted by atomic mass is 16.5. The number of aliphatic hydroxyl groups is 1. The summed E-state index contributed by atoms with van der Waals surface area (Å²) in [5.74, 6) is 3.18. The highest BCUT2D eigenvalue weighted by Gasteiger charge is 2.32. The van der Waals surface area contributed by atoms with Gasteiger partial charge in [-0.2, -0.15) is 15.1 Å². The quantitative estimate of drug-likeness (QED) is 0.308. The lowest BCUT2D eigenvalue weighted by atomic mass is 10.1. The zero-order valence-electron chi connectivity index (χ0n) is 19.1. The van der Waals surface area contributed by atoms with Gasteiger partial charge in [-0.15, -0.1) is 0 Å². The van der Waals surface area contributed by atoms with Crippen LogP contribution in [0, 0.1) is 6.92 Å². The number of pyridine rings is 1. The molecule has 176 valence electrons. The Balaban J connectivity index is 1.44. The van der Waals surface area contributed by atoms with Crippen molar-refractivity contribution in [3.05, 3.63) is 54.0 Å². The van der Waals surface area contributed by atoms with E-state index in [-0.39, 0.29) is 6.04 Å². The summed E-state index contributed by atoms with van der Waals surface area (Å²) in [6, 6.07) is 11.3. The van der Waals surface area contributed by atoms with E-state index in [0.717, 1.165) is 36.5 Å². The Hall–Kier alpha value is -3.99. The third-order valence-electron chi connectivity index (χ3n) is 5.55. The zero-order valence-corrected chi connectivity index (χ0v) is 19.1. The monoisotopic (exact) mass is 461 g/mol. The highest BCUT2D eigenvalue weighted by Crippen LogP contribution is 2.37. The lowest BCUT2D eigenvalue weighted by molar-refractivity contribution is 0.208. The molecule has 5 heterocycles. The van der Waals surface area contributed by atoms with E-state index in [1.165, 1.54) is 0 Å². The van der Waals surface area contributed by atoms with Crippen molar-refractivity contribution in [1.29, 1.82) is 0 Å². The summed E-state index contributed by atoms with van der Waals surface area (Å²) in [6.07, 6.45) is 3.09. The number of H-pyrrole nitrogens is 1. The standard InChI is InChI=1S/C23H27N9O2/c1-14-10-22(30-29-14)26-21-12-20(25-13-15(2)33)27-23(28-21)32-9-5-7-18(32)19-11-17(31-34-19)16-6-3-4-8-24-16/h3-4,6,8,10-12,15,18,33H,5,7,9,13H2,1-2H3,(H3,25,26,27,28,29,30)/t15-,18+/m1/s1. The van der Waals surface area contributed by atoms with Crippen LogP contribution in [0.15, 0.2) is 47.1 Å². The smallest absolute Gasteiger partial charge is 0.229 e. The fourth-order valence-electron chi connectivity index (χ4n) is 3.97. The maximum absolute atomic E-state index is 9.72. The topological polar surface area (TPSA) is 141 Å². The Morgan fingerprint density at radius 2 is 2.06 bits per heavy atom. The molecule has 4 aromatic rings. The largest absolute Gasteiger partial charge is 0.392 e. The van der Waals surface area contributed by atoms with Crippen molar-refractivity contribution in [3.8, 4) is 11.4 Å². The van der Waals surface area contributed by atoms with Gasteiger partial charge in [0.25, 0.3) is 0 Å². The number of aliphatic hydroxyl groups excluding tert-OH is 1. The first kappa shape index (κ1) is 21.8. The minimum Gasteiger partial charge on any atom is -0.392 e. The number of aryl methyl sites for hydroxylation is 1. The second kappa shape index (κ2) is 9.48. The van der Waals surface area contributed by atoms with Gasteiger partial charge in [-0.3, -0.25) is 10.1 Å². The summed E-state index contributed by atoms with van der Waals surface area (Å²) >= 11 is 0. The van der Waals surface area contributed by atoms with Gasteiger partial charge in [0, 0.05) is 43.2 Å². The molecule has 11 heteroatoms. The minimum absolute atomic E-state index is 0.0440. The van der Waals surface area contributed by atoms with E-state index in [4.69, 9.17) is 14.5 Å². The molecule has 11 nitrogen and oxygen atoms in total. The van der Waals surface area contributed by atoms with Crippen LogP contribution in [-0.4, -0.2) is 54.6 Å². The van der Waals surface area contributed by atoms with Crippen molar-refractivity contribution in [2.24, 2.45) is 0 Å². The molecule has 0 aliphatic carbocycles. The average molecular weight is 462 g/mol. The SMILES string of the molecule is Cc1cc(Nc2cc(NC[C@@H](C)O)nc(N3CCC[C@H]3c3cc(-c4ccccn4)no3)n2)n[nH]1. The molecule has 0 bridgehead atoms. The maximum atomic E-state index is 9.72. The van der Waals surface area contributed by atoms with Gasteiger partial charge in [-0.25, -0.2) is 0 Å². The number of nitrogens with zero attached hydrogens (tertiary/aromatic N) is 6. The van der Waals surface area contributed by atoms with Crippen molar-refractivity contribution in [2.45, 2.75) is 38.8 Å². The van der Waals surface area contributed by atoms with Gasteiger partial charge in [-0.05, 0) is 38.8 Å². The molecule has 34 heavy (non-hydrogen) atoms. The molecule has 0 amide bonds. The van der Waals surface area contributed by atoms with Gasteiger partial charge in [0.15, 0.2) is 11.6 Å². The molecule has 5 rings (SSSR count). The van der Waals surface area contributed by atoms with E-state index >= 15 is 0 Å². The molecule has 1 aliphatic heterocycles. The van der Waals surface area contributed by atoms with Crippen LogP contribution >= 0.6 is 0 Å². The van der Waals surface area contributed by atoms with Crippen LogP contribution in [0.1, 0.15) is 37.3 Å².